The van der Waals surface area contributed by atoms with Crippen LogP contribution in [0.5, 0.6) is 11.5 Å². The molecule has 24 heavy (non-hydrogen) atoms. The van der Waals surface area contributed by atoms with Crippen molar-refractivity contribution in [3.8, 4) is 11.5 Å². The van der Waals surface area contributed by atoms with Crippen LogP contribution in [0.15, 0.2) is 23.1 Å². The lowest BCUT2D eigenvalue weighted by atomic mass is 10.00. The summed E-state index contributed by atoms with van der Waals surface area (Å²) in [4.78, 5) is 12.3. The van der Waals surface area contributed by atoms with Crippen LogP contribution in [0, 0.1) is 0 Å². The fourth-order valence-corrected chi connectivity index (χ4v) is 4.50. The molecular weight excluding hydrogens is 334 g/mol. The van der Waals surface area contributed by atoms with Crippen molar-refractivity contribution in [3.05, 3.63) is 18.2 Å². The zero-order valence-corrected chi connectivity index (χ0v) is 14.9. The molecular formula is C16H23NO6S. The van der Waals surface area contributed by atoms with Gasteiger partial charge in [0, 0.05) is 6.07 Å². The lowest BCUT2D eigenvalue weighted by Gasteiger charge is -2.27. The van der Waals surface area contributed by atoms with Crippen LogP contribution in [0.1, 0.15) is 32.6 Å². The Morgan fingerprint density at radius 1 is 1.21 bits per heavy atom. The van der Waals surface area contributed by atoms with Crippen molar-refractivity contribution >= 4 is 16.0 Å². The van der Waals surface area contributed by atoms with Crippen molar-refractivity contribution in [1.29, 1.82) is 0 Å². The maximum Gasteiger partial charge on any atom is 0.327 e. The highest BCUT2D eigenvalue weighted by molar-refractivity contribution is 7.89. The molecule has 1 aliphatic rings. The van der Waals surface area contributed by atoms with Gasteiger partial charge in [0.15, 0.2) is 0 Å². The second-order valence-electron chi connectivity index (χ2n) is 5.63. The molecule has 1 aromatic carbocycles. The maximum absolute atomic E-state index is 12.9. The Kier molecular flexibility index (Phi) is 5.71. The van der Waals surface area contributed by atoms with E-state index in [1.54, 1.807) is 13.0 Å². The molecule has 0 saturated heterocycles. The zero-order valence-electron chi connectivity index (χ0n) is 14.1. The van der Waals surface area contributed by atoms with Crippen LogP contribution < -0.4 is 14.2 Å². The van der Waals surface area contributed by atoms with Crippen molar-refractivity contribution < 1.29 is 27.4 Å². The van der Waals surface area contributed by atoms with Crippen LogP contribution in [0.4, 0.5) is 0 Å². The summed E-state index contributed by atoms with van der Waals surface area (Å²) in [5, 5.41) is 0. The fourth-order valence-electron chi connectivity index (χ4n) is 2.90. The van der Waals surface area contributed by atoms with Crippen LogP contribution in [0.3, 0.4) is 0 Å². The van der Waals surface area contributed by atoms with Gasteiger partial charge in [0.1, 0.15) is 21.9 Å². The first-order chi connectivity index (χ1) is 11.4. The summed E-state index contributed by atoms with van der Waals surface area (Å²) < 4.78 is 43.7. The standard InChI is InChI=1S/C16H23NO6S/c1-4-23-15(18)16(9-5-6-10-16)17-24(19,20)14-11-12(21-2)7-8-13(14)22-3/h7-8,11,17H,4-6,9-10H2,1-3H3. The first kappa shape index (κ1) is 18.5. The van der Waals surface area contributed by atoms with Gasteiger partial charge in [-0.1, -0.05) is 12.8 Å². The predicted molar refractivity (Wildman–Crippen MR) is 87.7 cm³/mol. The molecule has 0 aliphatic heterocycles. The Bertz CT molecular complexity index is 695. The predicted octanol–water partition coefficient (Wildman–Crippen LogP) is 1.86. The van der Waals surface area contributed by atoms with Gasteiger partial charge in [-0.05, 0) is 31.9 Å². The Morgan fingerprint density at radius 2 is 1.88 bits per heavy atom. The average Bonchev–Trinajstić information content (AvgIpc) is 3.03. The van der Waals surface area contributed by atoms with Gasteiger partial charge in [-0.3, -0.25) is 4.79 Å². The molecule has 1 aliphatic carbocycles. The summed E-state index contributed by atoms with van der Waals surface area (Å²) in [6.07, 6.45) is 2.35. The number of hydrogen-bond donors (Lipinski definition) is 1. The normalized spacial score (nSPS) is 16.6. The van der Waals surface area contributed by atoms with E-state index >= 15 is 0 Å². The third kappa shape index (κ3) is 3.64. The van der Waals surface area contributed by atoms with Gasteiger partial charge in [0.2, 0.25) is 10.0 Å². The Hall–Kier alpha value is -1.80. The van der Waals surface area contributed by atoms with Crippen LogP contribution in [0.25, 0.3) is 0 Å². The zero-order chi connectivity index (χ0) is 17.8. The van der Waals surface area contributed by atoms with E-state index < -0.39 is 21.5 Å². The number of rotatable bonds is 7. The van der Waals surface area contributed by atoms with E-state index in [1.807, 2.05) is 0 Å². The number of hydrogen-bond acceptors (Lipinski definition) is 6. The summed E-state index contributed by atoms with van der Waals surface area (Å²) in [6.45, 7) is 1.89. The lowest BCUT2D eigenvalue weighted by Crippen LogP contribution is -2.53. The van der Waals surface area contributed by atoms with Crippen molar-refractivity contribution in [2.75, 3.05) is 20.8 Å². The number of carbonyl (C=O) groups is 1. The second kappa shape index (κ2) is 7.40. The summed E-state index contributed by atoms with van der Waals surface area (Å²) in [6, 6.07) is 4.49. The summed E-state index contributed by atoms with van der Waals surface area (Å²) >= 11 is 0. The molecule has 0 heterocycles. The monoisotopic (exact) mass is 357 g/mol. The third-order valence-corrected chi connectivity index (χ3v) is 5.67. The minimum Gasteiger partial charge on any atom is -0.497 e. The first-order valence-corrected chi connectivity index (χ1v) is 9.30. The molecule has 0 bridgehead atoms. The van der Waals surface area contributed by atoms with Crippen molar-refractivity contribution in [1.82, 2.24) is 4.72 Å². The molecule has 0 amide bonds. The van der Waals surface area contributed by atoms with Gasteiger partial charge in [-0.2, -0.15) is 4.72 Å². The van der Waals surface area contributed by atoms with Crippen LogP contribution in [-0.4, -0.2) is 40.8 Å². The van der Waals surface area contributed by atoms with E-state index in [0.717, 1.165) is 12.8 Å². The molecule has 8 heteroatoms. The van der Waals surface area contributed by atoms with Gasteiger partial charge >= 0.3 is 5.97 Å². The molecule has 2 rings (SSSR count). The van der Waals surface area contributed by atoms with Crippen LogP contribution in [0.2, 0.25) is 0 Å². The number of esters is 1. The molecule has 134 valence electrons. The SMILES string of the molecule is CCOC(=O)C1(NS(=O)(=O)c2cc(OC)ccc2OC)CCCC1. The second-order valence-corrected chi connectivity index (χ2v) is 7.28. The molecule has 0 unspecified atom stereocenters. The van der Waals surface area contributed by atoms with Crippen LogP contribution >= 0.6 is 0 Å². The number of nitrogens with one attached hydrogen (secondary N) is 1. The quantitative estimate of drug-likeness (QED) is 0.749. The van der Waals surface area contributed by atoms with E-state index in [2.05, 4.69) is 4.72 Å². The van der Waals surface area contributed by atoms with Gasteiger partial charge < -0.3 is 14.2 Å². The largest absolute Gasteiger partial charge is 0.497 e. The lowest BCUT2D eigenvalue weighted by molar-refractivity contribution is -0.150. The highest BCUT2D eigenvalue weighted by Gasteiger charge is 2.46. The molecule has 1 saturated carbocycles. The number of methoxy groups -OCH3 is 2. The minimum atomic E-state index is -4.00. The average molecular weight is 357 g/mol. The van der Waals surface area contributed by atoms with E-state index in [1.165, 1.54) is 26.4 Å². The fraction of sp³-hybridized carbons (Fsp3) is 0.562. The minimum absolute atomic E-state index is 0.0695. The number of sulfonamides is 1. The van der Waals surface area contributed by atoms with Crippen molar-refractivity contribution in [2.45, 2.75) is 43.0 Å². The molecule has 1 aromatic rings. The first-order valence-electron chi connectivity index (χ1n) is 7.82. The Labute approximate surface area is 142 Å². The Balaban J connectivity index is 2.41. The van der Waals surface area contributed by atoms with E-state index in [9.17, 15) is 13.2 Å². The molecule has 1 N–H and O–H groups in total. The molecule has 1 fully saturated rings. The summed E-state index contributed by atoms with van der Waals surface area (Å²) in [5.41, 5.74) is -1.22. The Morgan fingerprint density at radius 3 is 2.42 bits per heavy atom. The van der Waals surface area contributed by atoms with Gasteiger partial charge in [0.05, 0.1) is 20.8 Å². The molecule has 0 atom stereocenters. The molecule has 0 spiro atoms. The van der Waals surface area contributed by atoms with Gasteiger partial charge in [-0.25, -0.2) is 8.42 Å². The number of benzene rings is 1. The van der Waals surface area contributed by atoms with Crippen LogP contribution in [-0.2, 0) is 19.6 Å². The smallest absolute Gasteiger partial charge is 0.327 e. The van der Waals surface area contributed by atoms with Crippen molar-refractivity contribution in [2.24, 2.45) is 0 Å². The van der Waals surface area contributed by atoms with E-state index in [0.29, 0.717) is 18.6 Å². The summed E-state index contributed by atoms with van der Waals surface area (Å²) in [7, 11) is -1.16. The summed E-state index contributed by atoms with van der Waals surface area (Å²) in [5.74, 6) is 0.0287. The highest BCUT2D eigenvalue weighted by Crippen LogP contribution is 2.35. The number of carbonyl (C=O) groups excluding carboxylic acids is 1. The van der Waals surface area contributed by atoms with Gasteiger partial charge in [0.25, 0.3) is 0 Å². The van der Waals surface area contributed by atoms with E-state index in [-0.39, 0.29) is 17.3 Å². The molecule has 0 radical (unpaired) electrons. The maximum atomic E-state index is 12.9. The van der Waals surface area contributed by atoms with E-state index in [4.69, 9.17) is 14.2 Å². The number of ether oxygens (including phenoxy) is 3. The third-order valence-electron chi connectivity index (χ3n) is 4.11. The highest BCUT2D eigenvalue weighted by atomic mass is 32.2. The van der Waals surface area contributed by atoms with Gasteiger partial charge in [-0.15, -0.1) is 0 Å². The van der Waals surface area contributed by atoms with Crippen molar-refractivity contribution in [3.63, 3.8) is 0 Å². The topological polar surface area (TPSA) is 90.9 Å². The molecule has 0 aromatic heterocycles. The molecule has 7 nitrogen and oxygen atoms in total.